The van der Waals surface area contributed by atoms with Crippen molar-refractivity contribution in [3.63, 3.8) is 0 Å². The van der Waals surface area contributed by atoms with E-state index < -0.39 is 83.7 Å². The molecule has 1 saturated heterocycles. The van der Waals surface area contributed by atoms with Crippen molar-refractivity contribution in [3.05, 3.63) is 29.8 Å². The molecule has 19 nitrogen and oxygen atoms in total. The molecule has 1 aromatic carbocycles. The first-order valence-electron chi connectivity index (χ1n) is 16.8. The maximum absolute atomic E-state index is 13.8. The first-order valence-corrected chi connectivity index (χ1v) is 18.1. The Balaban J connectivity index is 2.24. The fourth-order valence-electron chi connectivity index (χ4n) is 5.45. The van der Waals surface area contributed by atoms with Crippen LogP contribution in [0.15, 0.2) is 29.3 Å². The van der Waals surface area contributed by atoms with Crippen LogP contribution in [0, 0.1) is 0 Å². The van der Waals surface area contributed by atoms with Crippen LogP contribution in [-0.2, 0) is 40.0 Å². The van der Waals surface area contributed by atoms with Gasteiger partial charge in [-0.1, -0.05) is 12.1 Å². The van der Waals surface area contributed by atoms with Gasteiger partial charge in [-0.25, -0.2) is 0 Å². The van der Waals surface area contributed by atoms with E-state index in [-0.39, 0.29) is 55.6 Å². The van der Waals surface area contributed by atoms with Crippen LogP contribution < -0.4 is 43.8 Å². The second-order valence-electron chi connectivity index (χ2n) is 12.4. The summed E-state index contributed by atoms with van der Waals surface area (Å²) in [5, 5.41) is 32.3. The summed E-state index contributed by atoms with van der Waals surface area (Å²) < 4.78 is 0. The number of thiol groups is 2. The van der Waals surface area contributed by atoms with E-state index in [1.54, 1.807) is 0 Å². The monoisotopic (exact) mass is 782 g/mol. The number of nitrogens with one attached hydrogen (secondary N) is 5. The van der Waals surface area contributed by atoms with Crippen LogP contribution in [0.4, 0.5) is 0 Å². The van der Waals surface area contributed by atoms with Gasteiger partial charge in [0.15, 0.2) is 5.96 Å². The van der Waals surface area contributed by atoms with Gasteiger partial charge in [0.25, 0.3) is 0 Å². The predicted octanol–water partition coefficient (Wildman–Crippen LogP) is -3.85. The van der Waals surface area contributed by atoms with E-state index in [4.69, 9.17) is 17.2 Å². The van der Waals surface area contributed by atoms with Gasteiger partial charge in [0.2, 0.25) is 41.4 Å². The van der Waals surface area contributed by atoms with Crippen LogP contribution in [0.5, 0.6) is 5.75 Å². The minimum absolute atomic E-state index is 0.0318. The van der Waals surface area contributed by atoms with E-state index in [0.29, 0.717) is 18.4 Å². The van der Waals surface area contributed by atoms with Crippen molar-refractivity contribution in [2.45, 2.75) is 88.3 Å². The lowest BCUT2D eigenvalue weighted by Gasteiger charge is -2.30. The number of hydrogen-bond acceptors (Lipinski definition) is 12. The zero-order valence-electron chi connectivity index (χ0n) is 29.5. The number of aliphatic hydroxyl groups excluding tert-OH is 1. The molecule has 21 heteroatoms. The third-order valence-electron chi connectivity index (χ3n) is 8.19. The van der Waals surface area contributed by atoms with Gasteiger partial charge in [-0.3, -0.25) is 38.6 Å². The number of likely N-dealkylation sites (tertiary alicyclic amines) is 1. The van der Waals surface area contributed by atoms with Crippen LogP contribution in [0.25, 0.3) is 0 Å². The van der Waals surface area contributed by atoms with Gasteiger partial charge in [0.05, 0.1) is 6.10 Å². The third-order valence-corrected chi connectivity index (χ3v) is 8.92. The van der Waals surface area contributed by atoms with Crippen LogP contribution in [0.2, 0.25) is 0 Å². The average molecular weight is 783 g/mol. The molecule has 0 bridgehead atoms. The number of rotatable bonds is 20. The molecule has 7 amide bonds. The van der Waals surface area contributed by atoms with Gasteiger partial charge >= 0.3 is 0 Å². The predicted molar refractivity (Wildman–Crippen MR) is 200 cm³/mol. The number of benzene rings is 1. The maximum atomic E-state index is 13.8. The summed E-state index contributed by atoms with van der Waals surface area (Å²) in [7, 11) is 0. The topological polar surface area (TPSA) is 314 Å². The number of aromatic hydroxyl groups is 1. The highest BCUT2D eigenvalue weighted by atomic mass is 32.1. The van der Waals surface area contributed by atoms with Gasteiger partial charge in [-0.15, -0.1) is 0 Å². The number of phenols is 1. The SMILES string of the molecule is CC(=O)N[C@H](C(=O)N[C@@H](CS)C(=O)N1CCC[C@H]1C(=O)N[C@@H](Cc1ccc(O)cc1)C(=O)N[C@@H](CS)C(=O)N[C@@H](CCCN=C(N)N)C(N)=O)[C@@H](C)O. The molecular weight excluding hydrogens is 733 g/mol. The lowest BCUT2D eigenvalue weighted by Crippen LogP contribution is -2.60. The minimum atomic E-state index is -1.35. The highest BCUT2D eigenvalue weighted by molar-refractivity contribution is 7.80. The third kappa shape index (κ3) is 14.3. The summed E-state index contributed by atoms with van der Waals surface area (Å²) in [4.78, 5) is 95.8. The summed E-state index contributed by atoms with van der Waals surface area (Å²) in [6.07, 6.45) is -0.312. The molecule has 1 aromatic rings. The quantitative estimate of drug-likeness (QED) is 0.0263. The molecule has 53 heavy (non-hydrogen) atoms. The largest absolute Gasteiger partial charge is 0.508 e. The van der Waals surface area contributed by atoms with Crippen LogP contribution in [0.1, 0.15) is 45.1 Å². The first kappa shape index (κ1) is 44.4. The van der Waals surface area contributed by atoms with Gasteiger partial charge < -0.3 is 58.9 Å². The molecule has 0 aliphatic carbocycles. The molecule has 0 radical (unpaired) electrons. The summed E-state index contributed by atoms with van der Waals surface area (Å²) in [6, 6.07) is -1.43. The van der Waals surface area contributed by atoms with Gasteiger partial charge in [0.1, 0.15) is 42.0 Å². The smallest absolute Gasteiger partial charge is 0.246 e. The number of hydrogen-bond donors (Lipinski definition) is 12. The summed E-state index contributed by atoms with van der Waals surface area (Å²) in [5.41, 5.74) is 16.6. The molecule has 1 heterocycles. The van der Waals surface area contributed by atoms with E-state index in [2.05, 4.69) is 56.8 Å². The molecule has 0 saturated carbocycles. The fourth-order valence-corrected chi connectivity index (χ4v) is 5.95. The molecule has 0 spiro atoms. The lowest BCUT2D eigenvalue weighted by atomic mass is 10.0. The van der Waals surface area contributed by atoms with Crippen molar-refractivity contribution < 1.29 is 43.8 Å². The first-order chi connectivity index (χ1) is 25.0. The highest BCUT2D eigenvalue weighted by Crippen LogP contribution is 2.20. The van der Waals surface area contributed by atoms with Gasteiger partial charge in [0, 0.05) is 37.9 Å². The number of phenolic OH excluding ortho intramolecular Hbond substituents is 1. The fraction of sp³-hybridized carbons (Fsp3) is 0.562. The Labute approximate surface area is 317 Å². The number of aliphatic hydroxyl groups is 1. The molecule has 2 rings (SSSR count). The van der Waals surface area contributed by atoms with E-state index >= 15 is 0 Å². The number of primary amides is 1. The summed E-state index contributed by atoms with van der Waals surface area (Å²) >= 11 is 8.38. The Morgan fingerprint density at radius 1 is 0.868 bits per heavy atom. The number of amides is 7. The molecule has 294 valence electrons. The van der Waals surface area contributed by atoms with Crippen molar-refractivity contribution in [2.75, 3.05) is 24.6 Å². The van der Waals surface area contributed by atoms with Crippen LogP contribution in [0.3, 0.4) is 0 Å². The van der Waals surface area contributed by atoms with Crippen molar-refractivity contribution >= 4 is 72.6 Å². The molecule has 0 unspecified atom stereocenters. The van der Waals surface area contributed by atoms with E-state index in [1.807, 2.05) is 0 Å². The number of carbonyl (C=O) groups excluding carboxylic acids is 7. The second-order valence-corrected chi connectivity index (χ2v) is 13.2. The Morgan fingerprint density at radius 3 is 2.00 bits per heavy atom. The highest BCUT2D eigenvalue weighted by Gasteiger charge is 2.40. The zero-order valence-corrected chi connectivity index (χ0v) is 31.3. The van der Waals surface area contributed by atoms with Crippen LogP contribution in [-0.4, -0.2) is 129 Å². The number of aliphatic imine (C=N–C) groups is 1. The van der Waals surface area contributed by atoms with Gasteiger partial charge in [-0.05, 0) is 50.3 Å². The Morgan fingerprint density at radius 2 is 1.45 bits per heavy atom. The van der Waals surface area contributed by atoms with Gasteiger partial charge in [-0.2, -0.15) is 25.3 Å². The molecule has 1 aliphatic heterocycles. The summed E-state index contributed by atoms with van der Waals surface area (Å²) in [5.74, 6) is -5.66. The Kier molecular flexibility index (Phi) is 18.2. The molecule has 13 N–H and O–H groups in total. The lowest BCUT2D eigenvalue weighted by molar-refractivity contribution is -0.142. The molecule has 7 atom stereocenters. The minimum Gasteiger partial charge on any atom is -0.508 e. The van der Waals surface area contributed by atoms with Crippen molar-refractivity contribution in [2.24, 2.45) is 22.2 Å². The Hall–Kier alpha value is -4.76. The number of guanidine groups is 1. The van der Waals surface area contributed by atoms with E-state index in [0.717, 1.165) is 0 Å². The Bertz CT molecular complexity index is 1490. The van der Waals surface area contributed by atoms with Crippen LogP contribution >= 0.6 is 25.3 Å². The molecule has 1 fully saturated rings. The molecule has 1 aliphatic rings. The number of nitrogens with two attached hydrogens (primary N) is 3. The average Bonchev–Trinajstić information content (AvgIpc) is 3.59. The standard InChI is InChI=1S/C32H50N10O9S2/c1-16(43)25(37-17(2)44)30(50)41-23(15-53)31(51)42-12-4-6-24(42)29(49)39-21(13-18-7-9-19(45)10-8-18)27(47)40-22(14-52)28(48)38-20(26(33)46)5-3-11-36-32(34)35/h7-10,16,20-25,43,45,52-53H,3-6,11-15H2,1-2H3,(H2,33,46)(H,37,44)(H,38,48)(H,39,49)(H,40,47)(H,41,50)(H4,34,35,36)/t16-,20+,21+,22+,23+,24+,25+/m1/s1. The molecule has 0 aromatic heterocycles. The maximum Gasteiger partial charge on any atom is 0.246 e. The van der Waals surface area contributed by atoms with Crippen molar-refractivity contribution in [1.82, 2.24) is 31.5 Å². The van der Waals surface area contributed by atoms with E-state index in [1.165, 1.54) is 43.0 Å². The number of nitrogens with zero attached hydrogens (tertiary/aromatic N) is 2. The normalized spacial score (nSPS) is 17.2. The summed E-state index contributed by atoms with van der Waals surface area (Å²) in [6.45, 7) is 2.79. The number of carbonyl (C=O) groups is 7. The van der Waals surface area contributed by atoms with Crippen molar-refractivity contribution in [3.8, 4) is 5.75 Å². The second kappa shape index (κ2) is 21.7. The zero-order chi connectivity index (χ0) is 39.8. The van der Waals surface area contributed by atoms with Crippen molar-refractivity contribution in [1.29, 1.82) is 0 Å². The van der Waals surface area contributed by atoms with E-state index in [9.17, 15) is 43.8 Å². The molecular formula is C32H50N10O9S2.